The predicted molar refractivity (Wildman–Crippen MR) is 67.4 cm³/mol. The molecule has 0 aliphatic heterocycles. The van der Waals surface area contributed by atoms with Gasteiger partial charge in [-0.05, 0) is 37.5 Å². The Kier molecular flexibility index (Phi) is 5.13. The summed E-state index contributed by atoms with van der Waals surface area (Å²) in [6, 6.07) is 9.08. The first-order valence-corrected chi connectivity index (χ1v) is 6.06. The summed E-state index contributed by atoms with van der Waals surface area (Å²) in [7, 11) is 0. The summed E-state index contributed by atoms with van der Waals surface area (Å²) in [4.78, 5) is 0. The van der Waals surface area contributed by atoms with Gasteiger partial charge in [-0.15, -0.1) is 0 Å². The summed E-state index contributed by atoms with van der Waals surface area (Å²) in [5.41, 5.74) is 1.28. The quantitative estimate of drug-likeness (QED) is 0.793. The Morgan fingerprint density at radius 1 is 1.27 bits per heavy atom. The second-order valence-corrected chi connectivity index (χ2v) is 4.43. The van der Waals surface area contributed by atoms with E-state index in [1.807, 2.05) is 18.2 Å². The average Bonchev–Trinajstić information content (AvgIpc) is 2.25. The first kappa shape index (κ1) is 12.5. The molecular formula is C13H20ClN. The van der Waals surface area contributed by atoms with E-state index in [4.69, 9.17) is 11.6 Å². The summed E-state index contributed by atoms with van der Waals surface area (Å²) >= 11 is 5.99. The van der Waals surface area contributed by atoms with Crippen LogP contribution in [0, 0.1) is 0 Å². The lowest BCUT2D eigenvalue weighted by atomic mass is 10.0. The van der Waals surface area contributed by atoms with Gasteiger partial charge in [0.15, 0.2) is 0 Å². The SMILES string of the molecule is CC[C@@H](C)N[C@H](CC)c1cccc(Cl)c1. The average molecular weight is 226 g/mol. The molecule has 0 aromatic heterocycles. The lowest BCUT2D eigenvalue weighted by Crippen LogP contribution is -2.29. The molecule has 0 radical (unpaired) electrons. The summed E-state index contributed by atoms with van der Waals surface area (Å²) in [6.07, 6.45) is 2.24. The third-order valence-electron chi connectivity index (χ3n) is 2.76. The van der Waals surface area contributed by atoms with E-state index in [1.54, 1.807) is 0 Å². The molecule has 2 heteroatoms. The summed E-state index contributed by atoms with van der Waals surface area (Å²) in [6.45, 7) is 6.61. The van der Waals surface area contributed by atoms with Crippen LogP contribution in [-0.2, 0) is 0 Å². The molecule has 1 rings (SSSR count). The molecule has 0 aliphatic rings. The predicted octanol–water partition coefficient (Wildman–Crippen LogP) is 4.18. The Morgan fingerprint density at radius 3 is 2.53 bits per heavy atom. The molecule has 0 saturated carbocycles. The Labute approximate surface area is 97.8 Å². The molecule has 0 bridgehead atoms. The highest BCUT2D eigenvalue weighted by atomic mass is 35.5. The van der Waals surface area contributed by atoms with Crippen LogP contribution >= 0.6 is 11.6 Å². The van der Waals surface area contributed by atoms with Gasteiger partial charge >= 0.3 is 0 Å². The maximum atomic E-state index is 5.99. The highest BCUT2D eigenvalue weighted by Gasteiger charge is 2.11. The van der Waals surface area contributed by atoms with Crippen molar-refractivity contribution < 1.29 is 0 Å². The number of benzene rings is 1. The molecule has 1 N–H and O–H groups in total. The Morgan fingerprint density at radius 2 is 2.00 bits per heavy atom. The van der Waals surface area contributed by atoms with Crippen molar-refractivity contribution in [2.75, 3.05) is 0 Å². The van der Waals surface area contributed by atoms with Crippen molar-refractivity contribution in [1.82, 2.24) is 5.32 Å². The smallest absolute Gasteiger partial charge is 0.0409 e. The highest BCUT2D eigenvalue weighted by Crippen LogP contribution is 2.21. The monoisotopic (exact) mass is 225 g/mol. The molecule has 0 heterocycles. The minimum absolute atomic E-state index is 0.415. The zero-order valence-corrected chi connectivity index (χ0v) is 10.5. The van der Waals surface area contributed by atoms with E-state index in [0.717, 1.165) is 17.9 Å². The largest absolute Gasteiger partial charge is 0.307 e. The van der Waals surface area contributed by atoms with Gasteiger partial charge in [-0.2, -0.15) is 0 Å². The molecule has 1 nitrogen and oxygen atoms in total. The van der Waals surface area contributed by atoms with Crippen LogP contribution in [0.1, 0.15) is 45.2 Å². The fraction of sp³-hybridized carbons (Fsp3) is 0.538. The fourth-order valence-electron chi connectivity index (χ4n) is 1.63. The minimum atomic E-state index is 0.415. The number of hydrogen-bond donors (Lipinski definition) is 1. The molecule has 2 atom stereocenters. The number of halogens is 1. The molecule has 0 saturated heterocycles. The van der Waals surface area contributed by atoms with Crippen LogP contribution in [0.4, 0.5) is 0 Å². The van der Waals surface area contributed by atoms with Gasteiger partial charge in [0.25, 0.3) is 0 Å². The van der Waals surface area contributed by atoms with E-state index < -0.39 is 0 Å². The molecule has 1 aromatic carbocycles. The number of rotatable bonds is 5. The standard InChI is InChI=1S/C13H20ClN/c1-4-10(3)15-13(5-2)11-7-6-8-12(14)9-11/h6-10,13,15H,4-5H2,1-3H3/t10-,13-/m1/s1. The van der Waals surface area contributed by atoms with Crippen molar-refractivity contribution in [3.63, 3.8) is 0 Å². The second-order valence-electron chi connectivity index (χ2n) is 3.99. The first-order chi connectivity index (χ1) is 7.17. The molecule has 0 aliphatic carbocycles. The van der Waals surface area contributed by atoms with Crippen molar-refractivity contribution >= 4 is 11.6 Å². The lowest BCUT2D eigenvalue weighted by molar-refractivity contribution is 0.437. The number of hydrogen-bond acceptors (Lipinski definition) is 1. The zero-order chi connectivity index (χ0) is 11.3. The molecule has 0 spiro atoms. The topological polar surface area (TPSA) is 12.0 Å². The van der Waals surface area contributed by atoms with Crippen LogP contribution in [0.3, 0.4) is 0 Å². The van der Waals surface area contributed by atoms with E-state index >= 15 is 0 Å². The van der Waals surface area contributed by atoms with Gasteiger partial charge in [0.1, 0.15) is 0 Å². The van der Waals surface area contributed by atoms with Gasteiger partial charge in [0.05, 0.1) is 0 Å². The van der Waals surface area contributed by atoms with Gasteiger partial charge in [-0.25, -0.2) is 0 Å². The normalized spacial score (nSPS) is 14.9. The van der Waals surface area contributed by atoms with Crippen molar-refractivity contribution in [2.24, 2.45) is 0 Å². The maximum absolute atomic E-state index is 5.99. The van der Waals surface area contributed by atoms with Gasteiger partial charge in [-0.1, -0.05) is 37.6 Å². The maximum Gasteiger partial charge on any atom is 0.0409 e. The Balaban J connectivity index is 2.73. The summed E-state index contributed by atoms with van der Waals surface area (Å²) in [5, 5.41) is 4.42. The molecule has 0 amide bonds. The van der Waals surface area contributed by atoms with Crippen molar-refractivity contribution in [3.8, 4) is 0 Å². The second kappa shape index (κ2) is 6.14. The van der Waals surface area contributed by atoms with Gasteiger partial charge in [-0.3, -0.25) is 0 Å². The molecule has 84 valence electrons. The third-order valence-corrected chi connectivity index (χ3v) is 2.99. The Bertz CT molecular complexity index is 298. The fourth-order valence-corrected chi connectivity index (χ4v) is 1.83. The highest BCUT2D eigenvalue weighted by molar-refractivity contribution is 6.30. The van der Waals surface area contributed by atoms with Crippen LogP contribution in [0.25, 0.3) is 0 Å². The minimum Gasteiger partial charge on any atom is -0.307 e. The van der Waals surface area contributed by atoms with E-state index in [1.165, 1.54) is 5.56 Å². The third kappa shape index (κ3) is 3.84. The molecule has 0 unspecified atom stereocenters. The van der Waals surface area contributed by atoms with Gasteiger partial charge in [0.2, 0.25) is 0 Å². The van der Waals surface area contributed by atoms with Crippen LogP contribution in [-0.4, -0.2) is 6.04 Å². The van der Waals surface area contributed by atoms with Crippen LogP contribution < -0.4 is 5.32 Å². The van der Waals surface area contributed by atoms with E-state index in [0.29, 0.717) is 12.1 Å². The number of nitrogens with one attached hydrogen (secondary N) is 1. The van der Waals surface area contributed by atoms with Gasteiger partial charge in [0, 0.05) is 17.1 Å². The van der Waals surface area contributed by atoms with Crippen molar-refractivity contribution in [2.45, 2.75) is 45.7 Å². The Hall–Kier alpha value is -0.530. The molecule has 0 fully saturated rings. The van der Waals surface area contributed by atoms with Crippen LogP contribution in [0.15, 0.2) is 24.3 Å². The van der Waals surface area contributed by atoms with E-state index in [-0.39, 0.29) is 0 Å². The summed E-state index contributed by atoms with van der Waals surface area (Å²) in [5.74, 6) is 0. The van der Waals surface area contributed by atoms with Crippen LogP contribution in [0.5, 0.6) is 0 Å². The summed E-state index contributed by atoms with van der Waals surface area (Å²) < 4.78 is 0. The first-order valence-electron chi connectivity index (χ1n) is 5.68. The zero-order valence-electron chi connectivity index (χ0n) is 9.76. The molecular weight excluding hydrogens is 206 g/mol. The van der Waals surface area contributed by atoms with E-state index in [9.17, 15) is 0 Å². The van der Waals surface area contributed by atoms with Gasteiger partial charge < -0.3 is 5.32 Å². The molecule has 1 aromatic rings. The van der Waals surface area contributed by atoms with Crippen LogP contribution in [0.2, 0.25) is 5.02 Å². The lowest BCUT2D eigenvalue weighted by Gasteiger charge is -2.22. The van der Waals surface area contributed by atoms with E-state index in [2.05, 4.69) is 32.2 Å². The van der Waals surface area contributed by atoms with Crippen molar-refractivity contribution in [3.05, 3.63) is 34.9 Å². The molecule has 15 heavy (non-hydrogen) atoms. The van der Waals surface area contributed by atoms with Crippen molar-refractivity contribution in [1.29, 1.82) is 0 Å².